The number of likely N-dealkylation sites (N-methyl/N-ethyl adjacent to an activating group) is 1. The van der Waals surface area contributed by atoms with Crippen LogP contribution in [0.15, 0.2) is 24.3 Å². The van der Waals surface area contributed by atoms with Crippen LogP contribution in [0.25, 0.3) is 0 Å². The van der Waals surface area contributed by atoms with E-state index in [2.05, 4.69) is 0 Å². The molecule has 19 heavy (non-hydrogen) atoms. The third-order valence-electron chi connectivity index (χ3n) is 3.01. The molecule has 1 atom stereocenters. The van der Waals surface area contributed by atoms with E-state index in [1.807, 2.05) is 38.1 Å². The molecule has 2 N–H and O–H groups in total. The molecule has 0 aliphatic rings. The minimum atomic E-state index is -0.394. The normalized spacial score (nSPS) is 12.0. The highest BCUT2D eigenvalue weighted by Gasteiger charge is 2.16. The number of carbonyl (C=O) groups is 1. The molecule has 4 nitrogen and oxygen atoms in total. The highest BCUT2D eigenvalue weighted by molar-refractivity contribution is 5.81. The van der Waals surface area contributed by atoms with Gasteiger partial charge in [0.05, 0.1) is 12.6 Å². The molecular formula is C15H24N2O2. The number of aryl methyl sites for hydroxylation is 1. The number of nitrogens with two attached hydrogens (primary N) is 1. The fourth-order valence-corrected chi connectivity index (χ4v) is 1.76. The Labute approximate surface area is 115 Å². The van der Waals surface area contributed by atoms with E-state index in [0.717, 1.165) is 18.6 Å². The van der Waals surface area contributed by atoms with Crippen LogP contribution >= 0.6 is 0 Å². The zero-order valence-electron chi connectivity index (χ0n) is 12.1. The molecule has 1 rings (SSSR count). The number of carbonyl (C=O) groups excluding carboxylic acids is 1. The first-order valence-electron chi connectivity index (χ1n) is 6.74. The van der Waals surface area contributed by atoms with Crippen molar-refractivity contribution in [3.8, 4) is 5.75 Å². The van der Waals surface area contributed by atoms with Crippen molar-refractivity contribution >= 4 is 5.91 Å². The van der Waals surface area contributed by atoms with Crippen molar-refractivity contribution in [2.24, 2.45) is 5.73 Å². The summed E-state index contributed by atoms with van der Waals surface area (Å²) in [6.07, 6.45) is 1.64. The van der Waals surface area contributed by atoms with E-state index < -0.39 is 6.04 Å². The molecule has 1 aromatic carbocycles. The summed E-state index contributed by atoms with van der Waals surface area (Å²) in [4.78, 5) is 13.5. The van der Waals surface area contributed by atoms with Crippen molar-refractivity contribution in [1.82, 2.24) is 4.90 Å². The zero-order chi connectivity index (χ0) is 14.3. The minimum absolute atomic E-state index is 0.0191. The van der Waals surface area contributed by atoms with Crippen molar-refractivity contribution < 1.29 is 9.53 Å². The lowest BCUT2D eigenvalue weighted by Gasteiger charge is -2.21. The van der Waals surface area contributed by atoms with Gasteiger partial charge in [0.1, 0.15) is 12.4 Å². The Balaban J connectivity index is 2.32. The molecule has 0 saturated carbocycles. The number of amides is 1. The third kappa shape index (κ3) is 5.30. The summed E-state index contributed by atoms with van der Waals surface area (Å²) < 4.78 is 5.59. The molecule has 0 bridgehead atoms. The Hall–Kier alpha value is -1.55. The van der Waals surface area contributed by atoms with Crippen LogP contribution < -0.4 is 10.5 Å². The first kappa shape index (κ1) is 15.5. The number of hydrogen-bond donors (Lipinski definition) is 1. The smallest absolute Gasteiger partial charge is 0.239 e. The lowest BCUT2D eigenvalue weighted by atomic mass is 10.1. The second-order valence-corrected chi connectivity index (χ2v) is 4.82. The first-order valence-corrected chi connectivity index (χ1v) is 6.74. The maximum atomic E-state index is 11.9. The predicted octanol–water partition coefficient (Wildman–Crippen LogP) is 1.96. The van der Waals surface area contributed by atoms with Gasteiger partial charge in [0, 0.05) is 7.05 Å². The monoisotopic (exact) mass is 264 g/mol. The van der Waals surface area contributed by atoms with Crippen molar-refractivity contribution in [1.29, 1.82) is 0 Å². The van der Waals surface area contributed by atoms with Crippen molar-refractivity contribution in [3.05, 3.63) is 29.8 Å². The van der Waals surface area contributed by atoms with Gasteiger partial charge in [-0.05, 0) is 25.5 Å². The summed E-state index contributed by atoms with van der Waals surface area (Å²) in [7, 11) is 1.76. The van der Waals surface area contributed by atoms with Gasteiger partial charge < -0.3 is 15.4 Å². The number of rotatable bonds is 7. The Bertz CT molecular complexity index is 390. The molecule has 0 aromatic heterocycles. The average Bonchev–Trinajstić information content (AvgIpc) is 2.40. The Morgan fingerprint density at radius 1 is 1.37 bits per heavy atom. The van der Waals surface area contributed by atoms with Gasteiger partial charge in [-0.1, -0.05) is 31.0 Å². The van der Waals surface area contributed by atoms with Gasteiger partial charge in [0.2, 0.25) is 5.91 Å². The summed E-state index contributed by atoms with van der Waals surface area (Å²) in [6.45, 7) is 5.08. The molecule has 0 fully saturated rings. The van der Waals surface area contributed by atoms with Crippen molar-refractivity contribution in [2.45, 2.75) is 32.7 Å². The molecule has 0 radical (unpaired) electrons. The highest BCUT2D eigenvalue weighted by Crippen LogP contribution is 2.11. The summed E-state index contributed by atoms with van der Waals surface area (Å²) in [5, 5.41) is 0. The molecule has 1 aromatic rings. The molecular weight excluding hydrogens is 240 g/mol. The maximum Gasteiger partial charge on any atom is 0.239 e. The molecule has 0 aliphatic heterocycles. The van der Waals surface area contributed by atoms with Gasteiger partial charge in [0.25, 0.3) is 0 Å². The van der Waals surface area contributed by atoms with Crippen LogP contribution in [0.4, 0.5) is 0 Å². The molecule has 0 saturated heterocycles. The summed E-state index contributed by atoms with van der Waals surface area (Å²) in [5.74, 6) is 0.804. The Morgan fingerprint density at radius 3 is 2.58 bits per heavy atom. The molecule has 0 heterocycles. The maximum absolute atomic E-state index is 11.9. The van der Waals surface area contributed by atoms with Crippen LogP contribution in [0.1, 0.15) is 25.3 Å². The first-order chi connectivity index (χ1) is 9.04. The van der Waals surface area contributed by atoms with Gasteiger partial charge in [0.15, 0.2) is 0 Å². The number of ether oxygens (including phenoxy) is 1. The van der Waals surface area contributed by atoms with Gasteiger partial charge >= 0.3 is 0 Å². The quantitative estimate of drug-likeness (QED) is 0.819. The lowest BCUT2D eigenvalue weighted by molar-refractivity contribution is -0.131. The van der Waals surface area contributed by atoms with E-state index >= 15 is 0 Å². The summed E-state index contributed by atoms with van der Waals surface area (Å²) in [6, 6.07) is 7.47. The van der Waals surface area contributed by atoms with Gasteiger partial charge in [-0.3, -0.25) is 4.79 Å². The van der Waals surface area contributed by atoms with Crippen molar-refractivity contribution in [2.75, 3.05) is 20.2 Å². The van der Waals surface area contributed by atoms with E-state index in [1.165, 1.54) is 5.56 Å². The molecule has 1 unspecified atom stereocenters. The second-order valence-electron chi connectivity index (χ2n) is 4.82. The molecule has 106 valence electrons. The topological polar surface area (TPSA) is 55.6 Å². The molecule has 0 aliphatic carbocycles. The van der Waals surface area contributed by atoms with Crippen LogP contribution in [0.5, 0.6) is 5.75 Å². The van der Waals surface area contributed by atoms with E-state index in [-0.39, 0.29) is 5.91 Å². The Morgan fingerprint density at radius 2 is 2.00 bits per heavy atom. The van der Waals surface area contributed by atoms with Crippen LogP contribution in [-0.4, -0.2) is 37.0 Å². The fraction of sp³-hybridized carbons (Fsp3) is 0.533. The standard InChI is InChI=1S/C15H24N2O2/c1-4-5-14(16)15(18)17(3)10-11-19-13-8-6-12(2)7-9-13/h6-9,14H,4-5,10-11,16H2,1-3H3. The van der Waals surface area contributed by atoms with Gasteiger partial charge in [-0.25, -0.2) is 0 Å². The summed E-state index contributed by atoms with van der Waals surface area (Å²) in [5.41, 5.74) is 7.00. The van der Waals surface area contributed by atoms with E-state index in [4.69, 9.17) is 10.5 Å². The summed E-state index contributed by atoms with van der Waals surface area (Å²) >= 11 is 0. The highest BCUT2D eigenvalue weighted by atomic mass is 16.5. The molecule has 0 spiro atoms. The molecule has 4 heteroatoms. The van der Waals surface area contributed by atoms with Crippen LogP contribution in [-0.2, 0) is 4.79 Å². The number of benzene rings is 1. The van der Waals surface area contributed by atoms with Crippen LogP contribution in [0.3, 0.4) is 0 Å². The second kappa shape index (κ2) is 7.79. The SMILES string of the molecule is CCCC(N)C(=O)N(C)CCOc1ccc(C)cc1. The predicted molar refractivity (Wildman–Crippen MR) is 77.2 cm³/mol. The van der Waals surface area contributed by atoms with Crippen molar-refractivity contribution in [3.63, 3.8) is 0 Å². The van der Waals surface area contributed by atoms with Gasteiger partial charge in [-0.15, -0.1) is 0 Å². The number of nitrogens with zero attached hydrogens (tertiary/aromatic N) is 1. The van der Waals surface area contributed by atoms with Crippen LogP contribution in [0.2, 0.25) is 0 Å². The zero-order valence-corrected chi connectivity index (χ0v) is 12.1. The lowest BCUT2D eigenvalue weighted by Crippen LogP contribution is -2.43. The molecule has 1 amide bonds. The van der Waals surface area contributed by atoms with Gasteiger partial charge in [-0.2, -0.15) is 0 Å². The third-order valence-corrected chi connectivity index (χ3v) is 3.01. The van der Waals surface area contributed by atoms with E-state index in [1.54, 1.807) is 11.9 Å². The average molecular weight is 264 g/mol. The van der Waals surface area contributed by atoms with E-state index in [0.29, 0.717) is 13.2 Å². The largest absolute Gasteiger partial charge is 0.492 e. The Kier molecular flexibility index (Phi) is 6.36. The number of hydrogen-bond acceptors (Lipinski definition) is 3. The minimum Gasteiger partial charge on any atom is -0.492 e. The van der Waals surface area contributed by atoms with E-state index in [9.17, 15) is 4.79 Å². The fourth-order valence-electron chi connectivity index (χ4n) is 1.76. The van der Waals surface area contributed by atoms with Crippen LogP contribution in [0, 0.1) is 6.92 Å².